The molecule has 0 aliphatic carbocycles. The van der Waals surface area contributed by atoms with Gasteiger partial charge in [-0.2, -0.15) is 0 Å². The molecule has 4 nitrogen and oxygen atoms in total. The molecule has 4 heteroatoms. The summed E-state index contributed by atoms with van der Waals surface area (Å²) in [5, 5.41) is 5.83. The van der Waals surface area contributed by atoms with Crippen LogP contribution in [0.4, 0.5) is 0 Å². The fourth-order valence-electron chi connectivity index (χ4n) is 2.08. The van der Waals surface area contributed by atoms with Crippen LogP contribution in [-0.4, -0.2) is 24.9 Å². The first-order valence-electron chi connectivity index (χ1n) is 8.16. The van der Waals surface area contributed by atoms with Crippen LogP contribution in [0.15, 0.2) is 25.3 Å². The molecule has 0 aromatic heterocycles. The fraction of sp³-hybridized carbons (Fsp3) is 0.684. The van der Waals surface area contributed by atoms with Gasteiger partial charge in [0.2, 0.25) is 11.8 Å². The van der Waals surface area contributed by atoms with Gasteiger partial charge in [0.15, 0.2) is 0 Å². The van der Waals surface area contributed by atoms with E-state index in [0.717, 1.165) is 0 Å². The van der Waals surface area contributed by atoms with Crippen molar-refractivity contribution in [2.75, 3.05) is 13.1 Å². The van der Waals surface area contributed by atoms with Crippen LogP contribution in [0.1, 0.15) is 54.4 Å². The van der Waals surface area contributed by atoms with Crippen molar-refractivity contribution in [2.45, 2.75) is 54.4 Å². The number of carbonyl (C=O) groups is 2. The van der Waals surface area contributed by atoms with Crippen LogP contribution in [0.25, 0.3) is 0 Å². The molecule has 0 radical (unpaired) electrons. The smallest absolute Gasteiger partial charge is 0.236 e. The number of rotatable bonds is 8. The van der Waals surface area contributed by atoms with Crippen molar-refractivity contribution in [1.29, 1.82) is 0 Å². The largest absolute Gasteiger partial charge is 0.355 e. The second-order valence-electron chi connectivity index (χ2n) is 8.55. The van der Waals surface area contributed by atoms with Crippen LogP contribution < -0.4 is 10.6 Å². The molecule has 0 unspecified atom stereocenters. The minimum absolute atomic E-state index is 0.0500. The molecule has 0 aromatic rings. The molecule has 2 amide bonds. The first-order chi connectivity index (χ1) is 10.4. The van der Waals surface area contributed by atoms with Gasteiger partial charge in [0, 0.05) is 13.1 Å². The van der Waals surface area contributed by atoms with E-state index in [0.29, 0.717) is 13.1 Å². The molecular weight excluding hydrogens is 288 g/mol. The second-order valence-corrected chi connectivity index (χ2v) is 8.55. The molecule has 0 spiro atoms. The van der Waals surface area contributed by atoms with E-state index in [-0.39, 0.29) is 35.5 Å². The van der Waals surface area contributed by atoms with E-state index in [4.69, 9.17) is 0 Å². The molecule has 2 N–H and O–H groups in total. The van der Waals surface area contributed by atoms with Gasteiger partial charge in [-0.25, -0.2) is 0 Å². The first-order valence-corrected chi connectivity index (χ1v) is 8.16. The summed E-state index contributed by atoms with van der Waals surface area (Å²) in [6.45, 7) is 20.7. The topological polar surface area (TPSA) is 58.2 Å². The summed E-state index contributed by atoms with van der Waals surface area (Å²) >= 11 is 0. The Kier molecular flexibility index (Phi) is 7.75. The minimum atomic E-state index is -1.18. The van der Waals surface area contributed by atoms with E-state index in [9.17, 15) is 9.59 Å². The molecule has 0 aliphatic heterocycles. The lowest BCUT2D eigenvalue weighted by Crippen LogP contribution is -2.53. The van der Waals surface area contributed by atoms with Crippen molar-refractivity contribution in [1.82, 2.24) is 10.6 Å². The van der Waals surface area contributed by atoms with Gasteiger partial charge in [-0.05, 0) is 23.7 Å². The van der Waals surface area contributed by atoms with Crippen LogP contribution in [0.3, 0.4) is 0 Å². The number of hydrogen-bond donors (Lipinski definition) is 2. The predicted octanol–water partition coefficient (Wildman–Crippen LogP) is 3.45. The average molecular weight is 322 g/mol. The Labute approximate surface area is 141 Å². The SMILES string of the molecule is C=CCC(CC=C)(C(=O)NCC(C)(C)C)C(=O)NCC(C)(C)C. The Morgan fingerprint density at radius 2 is 1.09 bits per heavy atom. The van der Waals surface area contributed by atoms with Crippen molar-refractivity contribution in [2.24, 2.45) is 16.2 Å². The third-order valence-electron chi connectivity index (χ3n) is 3.41. The number of nitrogens with one attached hydrogen (secondary N) is 2. The first kappa shape index (κ1) is 21.4. The lowest BCUT2D eigenvalue weighted by atomic mass is 9.78. The van der Waals surface area contributed by atoms with Gasteiger partial charge in [0.25, 0.3) is 0 Å². The normalized spacial score (nSPS) is 12.4. The Balaban J connectivity index is 5.35. The molecule has 0 saturated heterocycles. The molecule has 0 fully saturated rings. The van der Waals surface area contributed by atoms with Crippen molar-refractivity contribution in [3.8, 4) is 0 Å². The van der Waals surface area contributed by atoms with Gasteiger partial charge in [-0.3, -0.25) is 9.59 Å². The lowest BCUT2D eigenvalue weighted by Gasteiger charge is -2.32. The average Bonchev–Trinajstić information content (AvgIpc) is 2.40. The molecule has 0 saturated carbocycles. The summed E-state index contributed by atoms with van der Waals surface area (Å²) < 4.78 is 0. The zero-order valence-corrected chi connectivity index (χ0v) is 15.7. The Morgan fingerprint density at radius 3 is 1.30 bits per heavy atom. The zero-order chi connectivity index (χ0) is 18.3. The monoisotopic (exact) mass is 322 g/mol. The van der Waals surface area contributed by atoms with Crippen molar-refractivity contribution in [3.05, 3.63) is 25.3 Å². The van der Waals surface area contributed by atoms with Gasteiger partial charge in [-0.1, -0.05) is 53.7 Å². The highest BCUT2D eigenvalue weighted by molar-refractivity contribution is 6.05. The summed E-state index contributed by atoms with van der Waals surface area (Å²) in [7, 11) is 0. The maximum atomic E-state index is 12.8. The molecule has 23 heavy (non-hydrogen) atoms. The molecule has 132 valence electrons. The van der Waals surface area contributed by atoms with Crippen molar-refractivity contribution >= 4 is 11.8 Å². The highest BCUT2D eigenvalue weighted by Gasteiger charge is 2.44. The second kappa shape index (κ2) is 8.32. The van der Waals surface area contributed by atoms with E-state index < -0.39 is 5.41 Å². The van der Waals surface area contributed by atoms with Crippen LogP contribution >= 0.6 is 0 Å². The summed E-state index contributed by atoms with van der Waals surface area (Å²) in [4.78, 5) is 25.6. The Bertz CT molecular complexity index is 397. The molecule has 0 atom stereocenters. The molecule has 0 rings (SSSR count). The Hall–Kier alpha value is -1.58. The van der Waals surface area contributed by atoms with Crippen LogP contribution in [-0.2, 0) is 9.59 Å². The van der Waals surface area contributed by atoms with Gasteiger partial charge in [-0.15, -0.1) is 13.2 Å². The minimum Gasteiger partial charge on any atom is -0.355 e. The molecule has 0 aromatic carbocycles. The quantitative estimate of drug-likeness (QED) is 0.531. The number of hydrogen-bond acceptors (Lipinski definition) is 2. The molecular formula is C19H34N2O2. The highest BCUT2D eigenvalue weighted by atomic mass is 16.2. The fourth-order valence-corrected chi connectivity index (χ4v) is 2.08. The van der Waals surface area contributed by atoms with Gasteiger partial charge >= 0.3 is 0 Å². The van der Waals surface area contributed by atoms with Gasteiger partial charge in [0.1, 0.15) is 5.41 Å². The van der Waals surface area contributed by atoms with Crippen LogP contribution in [0.5, 0.6) is 0 Å². The maximum Gasteiger partial charge on any atom is 0.236 e. The number of allylic oxidation sites excluding steroid dienone is 2. The van der Waals surface area contributed by atoms with E-state index in [1.165, 1.54) is 0 Å². The van der Waals surface area contributed by atoms with Gasteiger partial charge < -0.3 is 10.6 Å². The van der Waals surface area contributed by atoms with Crippen molar-refractivity contribution < 1.29 is 9.59 Å². The van der Waals surface area contributed by atoms with E-state index in [1.54, 1.807) is 12.2 Å². The van der Waals surface area contributed by atoms with E-state index in [1.807, 2.05) is 41.5 Å². The standard InChI is InChI=1S/C19H34N2O2/c1-9-11-19(12-10-2,15(22)20-13-17(3,4)5)16(23)21-14-18(6,7)8/h9-10H,1-2,11-14H2,3-8H3,(H,20,22)(H,21,23). The lowest BCUT2D eigenvalue weighted by molar-refractivity contribution is -0.144. The number of carbonyl (C=O) groups excluding carboxylic acids is 2. The molecule has 0 bridgehead atoms. The summed E-state index contributed by atoms with van der Waals surface area (Å²) in [6.07, 6.45) is 3.81. The highest BCUT2D eigenvalue weighted by Crippen LogP contribution is 2.29. The third kappa shape index (κ3) is 7.49. The predicted molar refractivity (Wildman–Crippen MR) is 97.0 cm³/mol. The van der Waals surface area contributed by atoms with Gasteiger partial charge in [0.05, 0.1) is 0 Å². The molecule has 0 heterocycles. The van der Waals surface area contributed by atoms with Crippen LogP contribution in [0.2, 0.25) is 0 Å². The maximum absolute atomic E-state index is 12.8. The zero-order valence-electron chi connectivity index (χ0n) is 15.7. The van der Waals surface area contributed by atoms with Crippen LogP contribution in [0, 0.1) is 16.2 Å². The summed E-state index contributed by atoms with van der Waals surface area (Å²) in [6, 6.07) is 0. The van der Waals surface area contributed by atoms with Crippen molar-refractivity contribution in [3.63, 3.8) is 0 Å². The third-order valence-corrected chi connectivity index (χ3v) is 3.41. The summed E-state index contributed by atoms with van der Waals surface area (Å²) in [5.74, 6) is -0.530. The Morgan fingerprint density at radius 1 is 0.783 bits per heavy atom. The van der Waals surface area contributed by atoms with E-state index in [2.05, 4.69) is 23.8 Å². The summed E-state index contributed by atoms with van der Waals surface area (Å²) in [5.41, 5.74) is -1.28. The van der Waals surface area contributed by atoms with E-state index >= 15 is 0 Å². The number of amides is 2. The molecule has 0 aliphatic rings.